The van der Waals surface area contributed by atoms with Crippen molar-refractivity contribution in [2.24, 2.45) is 0 Å². The fourth-order valence-corrected chi connectivity index (χ4v) is 3.70. The van der Waals surface area contributed by atoms with Gasteiger partial charge >= 0.3 is 0 Å². The van der Waals surface area contributed by atoms with E-state index in [2.05, 4.69) is 24.1 Å². The number of nitro benzene ring substituents is 1. The van der Waals surface area contributed by atoms with E-state index in [1.54, 1.807) is 18.4 Å². The first-order valence-corrected chi connectivity index (χ1v) is 9.87. The normalized spacial score (nSPS) is 21.4. The number of benzene rings is 1. The van der Waals surface area contributed by atoms with Gasteiger partial charge in [0.1, 0.15) is 0 Å². The molecular weight excluding hydrogens is 354 g/mol. The van der Waals surface area contributed by atoms with Crippen LogP contribution in [0.1, 0.15) is 38.1 Å². The zero-order valence-electron chi connectivity index (χ0n) is 15.9. The van der Waals surface area contributed by atoms with E-state index in [0.717, 1.165) is 13.1 Å². The van der Waals surface area contributed by atoms with E-state index in [9.17, 15) is 14.9 Å². The molecule has 144 valence electrons. The minimum atomic E-state index is -0.455. The number of nitrogens with one attached hydrogen (secondary N) is 1. The van der Waals surface area contributed by atoms with Crippen LogP contribution in [-0.2, 0) is 4.74 Å². The van der Waals surface area contributed by atoms with Crippen LogP contribution in [0.2, 0.25) is 0 Å². The van der Waals surface area contributed by atoms with E-state index < -0.39 is 4.92 Å². The van der Waals surface area contributed by atoms with Gasteiger partial charge < -0.3 is 10.1 Å². The molecule has 7 nitrogen and oxygen atoms in total. The lowest BCUT2D eigenvalue weighted by molar-refractivity contribution is -0.387. The third-order valence-electron chi connectivity index (χ3n) is 4.59. The van der Waals surface area contributed by atoms with Crippen LogP contribution in [-0.4, -0.2) is 59.4 Å². The molecule has 0 aliphatic carbocycles. The number of rotatable bonds is 6. The van der Waals surface area contributed by atoms with Crippen LogP contribution in [0.25, 0.3) is 0 Å². The Morgan fingerprint density at radius 2 is 2.00 bits per heavy atom. The molecule has 1 aromatic carbocycles. The van der Waals surface area contributed by atoms with Crippen LogP contribution < -0.4 is 5.32 Å². The fourth-order valence-electron chi connectivity index (χ4n) is 3.16. The summed E-state index contributed by atoms with van der Waals surface area (Å²) in [5.41, 5.74) is 0.0156. The zero-order valence-corrected chi connectivity index (χ0v) is 16.8. The minimum absolute atomic E-state index is 0.0414. The SMILES string of the molecule is CSc1ccc(C(=O)NCC(C)(C)N2C[C@H](C)O[C@@H](C)C2)cc1[N+](=O)[O-]. The summed E-state index contributed by atoms with van der Waals surface area (Å²) in [6.07, 6.45) is 2.07. The Morgan fingerprint density at radius 3 is 2.54 bits per heavy atom. The summed E-state index contributed by atoms with van der Waals surface area (Å²) < 4.78 is 5.77. The summed E-state index contributed by atoms with van der Waals surface area (Å²) in [6.45, 7) is 10.3. The molecule has 0 unspecified atom stereocenters. The van der Waals surface area contributed by atoms with Crippen LogP contribution >= 0.6 is 11.8 Å². The van der Waals surface area contributed by atoms with Gasteiger partial charge in [-0.15, -0.1) is 11.8 Å². The minimum Gasteiger partial charge on any atom is -0.373 e. The monoisotopic (exact) mass is 381 g/mol. The predicted molar refractivity (Wildman–Crippen MR) is 103 cm³/mol. The van der Waals surface area contributed by atoms with Gasteiger partial charge in [-0.25, -0.2) is 0 Å². The van der Waals surface area contributed by atoms with Gasteiger partial charge in [0.05, 0.1) is 22.0 Å². The zero-order chi connectivity index (χ0) is 19.5. The highest BCUT2D eigenvalue weighted by molar-refractivity contribution is 7.98. The highest BCUT2D eigenvalue weighted by Crippen LogP contribution is 2.28. The van der Waals surface area contributed by atoms with Crippen molar-refractivity contribution in [1.29, 1.82) is 0 Å². The summed E-state index contributed by atoms with van der Waals surface area (Å²) in [5.74, 6) is -0.303. The molecule has 0 radical (unpaired) electrons. The summed E-state index contributed by atoms with van der Waals surface area (Å²) in [4.78, 5) is 26.1. The molecule has 8 heteroatoms. The van der Waals surface area contributed by atoms with Crippen LogP contribution in [0.5, 0.6) is 0 Å². The Kier molecular flexibility index (Phi) is 6.65. The van der Waals surface area contributed by atoms with E-state index >= 15 is 0 Å². The van der Waals surface area contributed by atoms with Crippen molar-refractivity contribution in [2.75, 3.05) is 25.9 Å². The maximum absolute atomic E-state index is 12.5. The van der Waals surface area contributed by atoms with Crippen LogP contribution in [0.15, 0.2) is 23.1 Å². The first kappa shape index (κ1) is 20.7. The molecular formula is C18H27N3O4S. The molecule has 1 N–H and O–H groups in total. The Labute approximate surface area is 158 Å². The number of ether oxygens (including phenoxy) is 1. The second-order valence-electron chi connectivity index (χ2n) is 7.30. The maximum atomic E-state index is 12.5. The van der Waals surface area contributed by atoms with E-state index in [1.165, 1.54) is 17.8 Å². The smallest absolute Gasteiger partial charge is 0.283 e. The molecule has 1 aromatic rings. The van der Waals surface area contributed by atoms with Crippen molar-refractivity contribution in [3.05, 3.63) is 33.9 Å². The number of carbonyl (C=O) groups excluding carboxylic acids is 1. The maximum Gasteiger partial charge on any atom is 0.283 e. The molecule has 1 saturated heterocycles. The molecule has 0 aromatic heterocycles. The van der Waals surface area contributed by atoms with Crippen molar-refractivity contribution >= 4 is 23.4 Å². The highest BCUT2D eigenvalue weighted by Gasteiger charge is 2.33. The number of nitro groups is 1. The number of thioether (sulfide) groups is 1. The molecule has 1 aliphatic rings. The largest absolute Gasteiger partial charge is 0.373 e. The Hall–Kier alpha value is -1.64. The number of hydrogen-bond acceptors (Lipinski definition) is 6. The summed E-state index contributed by atoms with van der Waals surface area (Å²) in [6, 6.07) is 4.58. The predicted octanol–water partition coefficient (Wildman–Crippen LogP) is 2.93. The van der Waals surface area contributed by atoms with Crippen molar-refractivity contribution in [3.8, 4) is 0 Å². The van der Waals surface area contributed by atoms with Crippen LogP contribution in [0.3, 0.4) is 0 Å². The van der Waals surface area contributed by atoms with Gasteiger partial charge in [-0.2, -0.15) is 0 Å². The number of hydrogen-bond donors (Lipinski definition) is 1. The lowest BCUT2D eigenvalue weighted by atomic mass is 10.00. The third-order valence-corrected chi connectivity index (χ3v) is 5.38. The number of nitrogens with zero attached hydrogens (tertiary/aromatic N) is 2. The highest BCUT2D eigenvalue weighted by atomic mass is 32.2. The number of morpholine rings is 1. The van der Waals surface area contributed by atoms with E-state index in [1.807, 2.05) is 13.8 Å². The molecule has 0 saturated carbocycles. The standard InChI is InChI=1S/C18H27N3O4S/c1-12-9-20(10-13(2)25-12)18(3,4)11-19-17(22)14-6-7-16(26-5)15(8-14)21(23)24/h6-8,12-13H,9-11H2,1-5H3,(H,19,22)/t12-,13-/m0/s1. The van der Waals surface area contributed by atoms with Crippen LogP contribution in [0.4, 0.5) is 5.69 Å². The molecule has 2 atom stereocenters. The summed E-state index contributed by atoms with van der Waals surface area (Å²) in [7, 11) is 0. The molecule has 1 aliphatic heterocycles. The van der Waals surface area contributed by atoms with Gasteiger partial charge in [-0.3, -0.25) is 19.8 Å². The quantitative estimate of drug-likeness (QED) is 0.463. The molecule has 0 bridgehead atoms. The first-order valence-electron chi connectivity index (χ1n) is 8.65. The van der Waals surface area contributed by atoms with E-state index in [0.29, 0.717) is 17.0 Å². The van der Waals surface area contributed by atoms with Gasteiger partial charge in [-0.05, 0) is 46.1 Å². The lowest BCUT2D eigenvalue weighted by Crippen LogP contribution is -2.58. The molecule has 1 fully saturated rings. The lowest BCUT2D eigenvalue weighted by Gasteiger charge is -2.45. The van der Waals surface area contributed by atoms with E-state index in [-0.39, 0.29) is 29.3 Å². The summed E-state index contributed by atoms with van der Waals surface area (Å²) >= 11 is 1.29. The van der Waals surface area contributed by atoms with Crippen LogP contribution in [0, 0.1) is 10.1 Å². The fraction of sp³-hybridized carbons (Fsp3) is 0.611. The van der Waals surface area contributed by atoms with Crippen molar-refractivity contribution in [1.82, 2.24) is 10.2 Å². The van der Waals surface area contributed by atoms with Gasteiger partial charge in [0, 0.05) is 36.8 Å². The van der Waals surface area contributed by atoms with Crippen molar-refractivity contribution in [2.45, 2.75) is 50.3 Å². The average Bonchev–Trinajstić information content (AvgIpc) is 2.58. The van der Waals surface area contributed by atoms with Gasteiger partial charge in [0.2, 0.25) is 0 Å². The van der Waals surface area contributed by atoms with E-state index in [4.69, 9.17) is 4.74 Å². The Morgan fingerprint density at radius 1 is 1.38 bits per heavy atom. The van der Waals surface area contributed by atoms with Gasteiger partial charge in [0.15, 0.2) is 0 Å². The third kappa shape index (κ3) is 4.96. The summed E-state index contributed by atoms with van der Waals surface area (Å²) in [5, 5.41) is 14.1. The van der Waals surface area contributed by atoms with Crippen molar-refractivity contribution in [3.63, 3.8) is 0 Å². The van der Waals surface area contributed by atoms with Gasteiger partial charge in [-0.1, -0.05) is 0 Å². The van der Waals surface area contributed by atoms with Gasteiger partial charge in [0.25, 0.3) is 11.6 Å². The molecule has 1 amide bonds. The average molecular weight is 381 g/mol. The molecule has 26 heavy (non-hydrogen) atoms. The second-order valence-corrected chi connectivity index (χ2v) is 8.15. The Balaban J connectivity index is 2.05. The molecule has 0 spiro atoms. The first-order chi connectivity index (χ1) is 12.1. The molecule has 1 heterocycles. The second kappa shape index (κ2) is 8.37. The topological polar surface area (TPSA) is 84.7 Å². The molecule has 2 rings (SSSR count). The number of amides is 1. The van der Waals surface area contributed by atoms with Crippen molar-refractivity contribution < 1.29 is 14.5 Å². The number of carbonyl (C=O) groups is 1. The Bertz CT molecular complexity index is 670.